The van der Waals surface area contributed by atoms with Crippen molar-refractivity contribution in [1.82, 2.24) is 5.43 Å². The second-order valence-corrected chi connectivity index (χ2v) is 6.64. The summed E-state index contributed by atoms with van der Waals surface area (Å²) in [5.74, 6) is -0.175. The van der Waals surface area contributed by atoms with Crippen LogP contribution in [0.1, 0.15) is 26.7 Å². The van der Waals surface area contributed by atoms with E-state index in [4.69, 9.17) is 0 Å². The third-order valence-electron chi connectivity index (χ3n) is 2.59. The van der Waals surface area contributed by atoms with Crippen molar-refractivity contribution in [3.63, 3.8) is 0 Å². The maximum absolute atomic E-state index is 11.7. The SMILES string of the molecule is CCC(CC)=NNC(=O)CNc1c(Br)cc(Br)cc1Br. The number of nitrogens with zero attached hydrogens (tertiary/aromatic N) is 1. The van der Waals surface area contributed by atoms with Gasteiger partial charge in [0.1, 0.15) is 0 Å². The number of rotatable bonds is 6. The fourth-order valence-corrected chi connectivity index (χ4v) is 4.01. The first-order valence-corrected chi connectivity index (χ1v) is 8.58. The van der Waals surface area contributed by atoms with Crippen molar-refractivity contribution in [2.24, 2.45) is 5.10 Å². The molecular formula is C13H16Br3N3O. The van der Waals surface area contributed by atoms with Gasteiger partial charge in [-0.15, -0.1) is 0 Å². The summed E-state index contributed by atoms with van der Waals surface area (Å²) in [7, 11) is 0. The first-order valence-electron chi connectivity index (χ1n) is 6.20. The van der Waals surface area contributed by atoms with Crippen LogP contribution in [0, 0.1) is 0 Å². The lowest BCUT2D eigenvalue weighted by atomic mass is 10.2. The average molecular weight is 470 g/mol. The molecule has 110 valence electrons. The molecule has 0 atom stereocenters. The molecule has 0 spiro atoms. The number of carbonyl (C=O) groups is 1. The molecule has 20 heavy (non-hydrogen) atoms. The Bertz CT molecular complexity index is 489. The van der Waals surface area contributed by atoms with Crippen molar-refractivity contribution in [2.45, 2.75) is 26.7 Å². The molecular weight excluding hydrogens is 454 g/mol. The van der Waals surface area contributed by atoms with Crippen LogP contribution in [0.15, 0.2) is 30.7 Å². The Kier molecular flexibility index (Phi) is 7.76. The van der Waals surface area contributed by atoms with Gasteiger partial charge in [0.25, 0.3) is 5.91 Å². The van der Waals surface area contributed by atoms with E-state index in [-0.39, 0.29) is 12.5 Å². The van der Waals surface area contributed by atoms with Crippen LogP contribution in [0.5, 0.6) is 0 Å². The smallest absolute Gasteiger partial charge is 0.259 e. The molecule has 0 aliphatic carbocycles. The third-order valence-corrected chi connectivity index (χ3v) is 4.30. The van der Waals surface area contributed by atoms with Crippen LogP contribution in [0.3, 0.4) is 0 Å². The van der Waals surface area contributed by atoms with Gasteiger partial charge in [-0.05, 0) is 56.8 Å². The number of hydrogen-bond donors (Lipinski definition) is 2. The molecule has 0 aliphatic heterocycles. The van der Waals surface area contributed by atoms with E-state index in [1.807, 2.05) is 26.0 Å². The summed E-state index contributed by atoms with van der Waals surface area (Å²) >= 11 is 10.3. The minimum atomic E-state index is -0.175. The Labute approximate surface area is 144 Å². The summed E-state index contributed by atoms with van der Waals surface area (Å²) in [5, 5.41) is 7.15. The number of hydrazone groups is 1. The first kappa shape index (κ1) is 17.7. The van der Waals surface area contributed by atoms with E-state index in [0.717, 1.165) is 37.7 Å². The molecule has 0 saturated heterocycles. The second-order valence-electron chi connectivity index (χ2n) is 4.02. The number of nitrogens with one attached hydrogen (secondary N) is 2. The van der Waals surface area contributed by atoms with Gasteiger partial charge in [-0.1, -0.05) is 29.8 Å². The van der Waals surface area contributed by atoms with Crippen molar-refractivity contribution < 1.29 is 4.79 Å². The zero-order chi connectivity index (χ0) is 15.1. The summed E-state index contributed by atoms with van der Waals surface area (Å²) in [6.07, 6.45) is 1.68. The van der Waals surface area contributed by atoms with Crippen LogP contribution in [0.25, 0.3) is 0 Å². The topological polar surface area (TPSA) is 53.5 Å². The van der Waals surface area contributed by atoms with E-state index in [0.29, 0.717) is 0 Å². The van der Waals surface area contributed by atoms with Crippen molar-refractivity contribution >= 4 is 65.1 Å². The lowest BCUT2D eigenvalue weighted by molar-refractivity contribution is -0.119. The van der Waals surface area contributed by atoms with Crippen molar-refractivity contribution in [3.05, 3.63) is 25.6 Å². The molecule has 1 aromatic rings. The Morgan fingerprint density at radius 3 is 2.20 bits per heavy atom. The zero-order valence-corrected chi connectivity index (χ0v) is 16.0. The predicted octanol–water partition coefficient (Wildman–Crippen LogP) is 4.68. The number of amides is 1. The molecule has 2 N–H and O–H groups in total. The minimum absolute atomic E-state index is 0.156. The highest BCUT2D eigenvalue weighted by atomic mass is 79.9. The second kappa shape index (κ2) is 8.79. The van der Waals surface area contributed by atoms with Gasteiger partial charge in [0, 0.05) is 19.1 Å². The summed E-state index contributed by atoms with van der Waals surface area (Å²) < 4.78 is 2.70. The Hall–Kier alpha value is -0.400. The van der Waals surface area contributed by atoms with Gasteiger partial charge >= 0.3 is 0 Å². The van der Waals surface area contributed by atoms with Crippen molar-refractivity contribution in [3.8, 4) is 0 Å². The highest BCUT2D eigenvalue weighted by molar-refractivity contribution is 9.11. The first-order chi connectivity index (χ1) is 9.47. The van der Waals surface area contributed by atoms with E-state index < -0.39 is 0 Å². The fraction of sp³-hybridized carbons (Fsp3) is 0.385. The Morgan fingerprint density at radius 2 is 1.70 bits per heavy atom. The van der Waals surface area contributed by atoms with Gasteiger partial charge in [-0.3, -0.25) is 4.79 Å². The van der Waals surface area contributed by atoms with Crippen LogP contribution >= 0.6 is 47.8 Å². The maximum Gasteiger partial charge on any atom is 0.259 e. The van der Waals surface area contributed by atoms with Crippen LogP contribution in [0.4, 0.5) is 5.69 Å². The molecule has 0 aromatic heterocycles. The number of benzene rings is 1. The molecule has 0 radical (unpaired) electrons. The van der Waals surface area contributed by atoms with Gasteiger partial charge in [0.15, 0.2) is 0 Å². The van der Waals surface area contributed by atoms with E-state index in [2.05, 4.69) is 63.6 Å². The number of carbonyl (C=O) groups excluding carboxylic acids is 1. The molecule has 0 aliphatic rings. The molecule has 7 heteroatoms. The molecule has 1 aromatic carbocycles. The van der Waals surface area contributed by atoms with Crippen LogP contribution in [-0.2, 0) is 4.79 Å². The van der Waals surface area contributed by atoms with Gasteiger partial charge in [-0.2, -0.15) is 5.10 Å². The largest absolute Gasteiger partial charge is 0.374 e. The quantitative estimate of drug-likeness (QED) is 0.469. The minimum Gasteiger partial charge on any atom is -0.374 e. The summed E-state index contributed by atoms with van der Waals surface area (Å²) in [5.41, 5.74) is 4.36. The van der Waals surface area contributed by atoms with Crippen molar-refractivity contribution in [2.75, 3.05) is 11.9 Å². The molecule has 1 amide bonds. The number of halogens is 3. The monoisotopic (exact) mass is 467 g/mol. The number of hydrogen-bond acceptors (Lipinski definition) is 3. The lowest BCUT2D eigenvalue weighted by Crippen LogP contribution is -2.27. The molecule has 0 unspecified atom stereocenters. The summed E-state index contributed by atoms with van der Waals surface area (Å²) in [6.45, 7) is 4.19. The van der Waals surface area contributed by atoms with E-state index in [1.54, 1.807) is 0 Å². The maximum atomic E-state index is 11.7. The Balaban J connectivity index is 2.60. The molecule has 0 bridgehead atoms. The molecule has 0 heterocycles. The highest BCUT2D eigenvalue weighted by Gasteiger charge is 2.08. The van der Waals surface area contributed by atoms with Gasteiger partial charge < -0.3 is 5.32 Å². The fourth-order valence-electron chi connectivity index (χ4n) is 1.47. The van der Waals surface area contributed by atoms with Crippen LogP contribution < -0.4 is 10.7 Å². The van der Waals surface area contributed by atoms with Crippen LogP contribution in [-0.4, -0.2) is 18.2 Å². The molecule has 4 nitrogen and oxygen atoms in total. The Morgan fingerprint density at radius 1 is 1.15 bits per heavy atom. The standard InChI is InChI=1S/C13H16Br3N3O/c1-3-9(4-2)18-19-12(20)7-17-13-10(15)5-8(14)6-11(13)16/h5-6,17H,3-4,7H2,1-2H3,(H,19,20). The normalized spacial score (nSPS) is 10.1. The molecule has 0 fully saturated rings. The van der Waals surface area contributed by atoms with E-state index in [9.17, 15) is 4.79 Å². The summed E-state index contributed by atoms with van der Waals surface area (Å²) in [4.78, 5) is 11.7. The predicted molar refractivity (Wildman–Crippen MR) is 94.2 cm³/mol. The van der Waals surface area contributed by atoms with Crippen LogP contribution in [0.2, 0.25) is 0 Å². The van der Waals surface area contributed by atoms with Gasteiger partial charge in [0.05, 0.1) is 12.2 Å². The van der Waals surface area contributed by atoms with E-state index >= 15 is 0 Å². The molecule has 0 saturated carbocycles. The third kappa shape index (κ3) is 5.54. The summed E-state index contributed by atoms with van der Waals surface area (Å²) in [6, 6.07) is 3.82. The number of anilines is 1. The average Bonchev–Trinajstić information content (AvgIpc) is 2.38. The lowest BCUT2D eigenvalue weighted by Gasteiger charge is -2.11. The molecule has 1 rings (SSSR count). The van der Waals surface area contributed by atoms with E-state index in [1.165, 1.54) is 0 Å². The zero-order valence-electron chi connectivity index (χ0n) is 11.3. The van der Waals surface area contributed by atoms with Gasteiger partial charge in [-0.25, -0.2) is 5.43 Å². The highest BCUT2D eigenvalue weighted by Crippen LogP contribution is 2.34. The van der Waals surface area contributed by atoms with Crippen molar-refractivity contribution in [1.29, 1.82) is 0 Å². The van der Waals surface area contributed by atoms with Gasteiger partial charge in [0.2, 0.25) is 0 Å².